The number of piperidine rings is 1. The van der Waals surface area contributed by atoms with Gasteiger partial charge in [0, 0.05) is 32.3 Å². The van der Waals surface area contributed by atoms with Gasteiger partial charge < -0.3 is 20.1 Å². The van der Waals surface area contributed by atoms with Crippen LogP contribution in [0.2, 0.25) is 0 Å². The van der Waals surface area contributed by atoms with E-state index in [1.807, 2.05) is 11.8 Å². The van der Waals surface area contributed by atoms with E-state index in [0.717, 1.165) is 57.1 Å². The topological polar surface area (TPSA) is 44.7 Å². The first-order chi connectivity index (χ1) is 10.6. The molecule has 3 unspecified atom stereocenters. The third-order valence-corrected chi connectivity index (χ3v) is 6.58. The second kappa shape index (κ2) is 7.84. The molecule has 3 fully saturated rings. The van der Waals surface area contributed by atoms with Gasteiger partial charge in [-0.05, 0) is 56.1 Å². The van der Waals surface area contributed by atoms with Gasteiger partial charge in [-0.2, -0.15) is 11.8 Å². The minimum atomic E-state index is -0.459. The molecular formula is C17H32N2O2S. The Morgan fingerprint density at radius 3 is 2.82 bits per heavy atom. The van der Waals surface area contributed by atoms with E-state index in [2.05, 4.69) is 17.1 Å². The fourth-order valence-corrected chi connectivity index (χ4v) is 5.28. The zero-order chi connectivity index (χ0) is 15.4. The van der Waals surface area contributed by atoms with Crippen LogP contribution in [0.4, 0.5) is 0 Å². The summed E-state index contributed by atoms with van der Waals surface area (Å²) in [5.74, 6) is 2.86. The lowest BCUT2D eigenvalue weighted by Crippen LogP contribution is -2.53. The summed E-state index contributed by atoms with van der Waals surface area (Å²) in [6, 6.07) is 0.555. The van der Waals surface area contributed by atoms with E-state index in [-0.39, 0.29) is 0 Å². The van der Waals surface area contributed by atoms with E-state index in [0.29, 0.717) is 18.1 Å². The third kappa shape index (κ3) is 4.60. The SMILES string of the molecule is CC1CN(CC2CCCO2)CCC1NCC1(O)CCSCC1. The molecule has 0 amide bonds. The Morgan fingerprint density at radius 2 is 2.14 bits per heavy atom. The first-order valence-electron chi connectivity index (χ1n) is 9.02. The molecule has 0 aromatic heterocycles. The average Bonchev–Trinajstić information content (AvgIpc) is 3.00. The van der Waals surface area contributed by atoms with Crippen LogP contribution in [0.25, 0.3) is 0 Å². The first kappa shape index (κ1) is 17.0. The van der Waals surface area contributed by atoms with E-state index in [4.69, 9.17) is 4.74 Å². The van der Waals surface area contributed by atoms with Gasteiger partial charge in [0.15, 0.2) is 0 Å². The molecule has 3 saturated heterocycles. The van der Waals surface area contributed by atoms with E-state index < -0.39 is 5.60 Å². The first-order valence-corrected chi connectivity index (χ1v) is 10.2. The maximum Gasteiger partial charge on any atom is 0.0787 e. The van der Waals surface area contributed by atoms with Crippen molar-refractivity contribution in [2.24, 2.45) is 5.92 Å². The van der Waals surface area contributed by atoms with E-state index in [9.17, 15) is 5.11 Å². The molecule has 0 aliphatic carbocycles. The number of aliphatic hydroxyl groups is 1. The number of nitrogens with one attached hydrogen (secondary N) is 1. The molecule has 0 saturated carbocycles. The molecule has 3 aliphatic rings. The minimum Gasteiger partial charge on any atom is -0.389 e. The smallest absolute Gasteiger partial charge is 0.0787 e. The van der Waals surface area contributed by atoms with Gasteiger partial charge in [0.05, 0.1) is 11.7 Å². The van der Waals surface area contributed by atoms with Gasteiger partial charge in [-0.15, -0.1) is 0 Å². The standard InChI is InChI=1S/C17H32N2O2S/c1-14-11-19(12-15-3-2-8-21-15)7-4-16(14)18-13-17(20)5-9-22-10-6-17/h14-16,18,20H,2-13H2,1H3. The Balaban J connectivity index is 1.40. The van der Waals surface area contributed by atoms with Crippen molar-refractivity contribution >= 4 is 11.8 Å². The van der Waals surface area contributed by atoms with Gasteiger partial charge in [-0.3, -0.25) is 0 Å². The second-order valence-electron chi connectivity index (χ2n) is 7.48. The Bertz CT molecular complexity index is 344. The molecule has 3 atom stereocenters. The van der Waals surface area contributed by atoms with Crippen LogP contribution in [0.5, 0.6) is 0 Å². The number of thioether (sulfide) groups is 1. The van der Waals surface area contributed by atoms with E-state index >= 15 is 0 Å². The summed E-state index contributed by atoms with van der Waals surface area (Å²) in [5, 5.41) is 14.3. The molecule has 3 heterocycles. The summed E-state index contributed by atoms with van der Waals surface area (Å²) in [6.45, 7) is 7.50. The normalized spacial score (nSPS) is 36.5. The molecule has 0 bridgehead atoms. The zero-order valence-corrected chi connectivity index (χ0v) is 14.7. The fraction of sp³-hybridized carbons (Fsp3) is 1.00. The summed E-state index contributed by atoms with van der Waals surface area (Å²) < 4.78 is 5.77. The molecule has 2 N–H and O–H groups in total. The summed E-state index contributed by atoms with van der Waals surface area (Å²) in [7, 11) is 0. The van der Waals surface area contributed by atoms with Gasteiger partial charge in [0.25, 0.3) is 0 Å². The molecule has 4 nitrogen and oxygen atoms in total. The Kier molecular flexibility index (Phi) is 6.07. The van der Waals surface area contributed by atoms with Crippen molar-refractivity contribution in [3.05, 3.63) is 0 Å². The highest BCUT2D eigenvalue weighted by Gasteiger charge is 2.33. The summed E-state index contributed by atoms with van der Waals surface area (Å²) in [4.78, 5) is 2.57. The average molecular weight is 329 g/mol. The van der Waals surface area contributed by atoms with Crippen molar-refractivity contribution in [2.45, 2.75) is 56.8 Å². The maximum absolute atomic E-state index is 10.6. The fourth-order valence-electron chi connectivity index (χ4n) is 4.03. The van der Waals surface area contributed by atoms with Crippen molar-refractivity contribution in [1.29, 1.82) is 0 Å². The summed E-state index contributed by atoms with van der Waals surface area (Å²) in [5.41, 5.74) is -0.459. The largest absolute Gasteiger partial charge is 0.389 e. The minimum absolute atomic E-state index is 0.459. The van der Waals surface area contributed by atoms with Crippen LogP contribution in [-0.2, 0) is 4.74 Å². The maximum atomic E-state index is 10.6. The third-order valence-electron chi connectivity index (χ3n) is 5.59. The van der Waals surface area contributed by atoms with Crippen molar-refractivity contribution in [3.63, 3.8) is 0 Å². The van der Waals surface area contributed by atoms with Crippen LogP contribution in [0.15, 0.2) is 0 Å². The number of hydrogen-bond acceptors (Lipinski definition) is 5. The Labute approximate surface area is 139 Å². The van der Waals surface area contributed by atoms with Crippen molar-refractivity contribution in [2.75, 3.05) is 44.3 Å². The van der Waals surface area contributed by atoms with Crippen molar-refractivity contribution in [1.82, 2.24) is 10.2 Å². The summed E-state index contributed by atoms with van der Waals surface area (Å²) in [6.07, 6.45) is 6.01. The number of ether oxygens (including phenoxy) is 1. The highest BCUT2D eigenvalue weighted by Crippen LogP contribution is 2.27. The van der Waals surface area contributed by atoms with Gasteiger partial charge in [-0.25, -0.2) is 0 Å². The summed E-state index contributed by atoms with van der Waals surface area (Å²) >= 11 is 1.97. The number of nitrogens with zero attached hydrogens (tertiary/aromatic N) is 1. The predicted octanol–water partition coefficient (Wildman–Crippen LogP) is 1.72. The molecule has 0 aromatic rings. The van der Waals surface area contributed by atoms with Crippen LogP contribution in [0.1, 0.15) is 39.0 Å². The molecule has 0 aromatic carbocycles. The van der Waals surface area contributed by atoms with Gasteiger partial charge >= 0.3 is 0 Å². The van der Waals surface area contributed by atoms with Crippen LogP contribution < -0.4 is 5.32 Å². The lowest BCUT2D eigenvalue weighted by molar-refractivity contribution is 0.0191. The molecule has 5 heteroatoms. The van der Waals surface area contributed by atoms with Crippen LogP contribution in [0, 0.1) is 5.92 Å². The quantitative estimate of drug-likeness (QED) is 0.805. The number of likely N-dealkylation sites (tertiary alicyclic amines) is 1. The van der Waals surface area contributed by atoms with Crippen molar-refractivity contribution < 1.29 is 9.84 Å². The molecule has 3 rings (SSSR count). The molecule has 128 valence electrons. The van der Waals surface area contributed by atoms with Crippen LogP contribution in [-0.4, -0.2) is 72.0 Å². The van der Waals surface area contributed by atoms with Crippen LogP contribution >= 0.6 is 11.8 Å². The molecule has 0 radical (unpaired) electrons. The van der Waals surface area contributed by atoms with Crippen LogP contribution in [0.3, 0.4) is 0 Å². The van der Waals surface area contributed by atoms with E-state index in [1.54, 1.807) is 0 Å². The number of rotatable bonds is 5. The van der Waals surface area contributed by atoms with E-state index in [1.165, 1.54) is 19.3 Å². The second-order valence-corrected chi connectivity index (χ2v) is 8.71. The molecule has 22 heavy (non-hydrogen) atoms. The Hall–Kier alpha value is 0.190. The predicted molar refractivity (Wildman–Crippen MR) is 92.5 cm³/mol. The zero-order valence-electron chi connectivity index (χ0n) is 13.9. The Morgan fingerprint density at radius 1 is 1.32 bits per heavy atom. The van der Waals surface area contributed by atoms with Gasteiger partial charge in [0.1, 0.15) is 0 Å². The number of hydrogen-bond donors (Lipinski definition) is 2. The lowest BCUT2D eigenvalue weighted by atomic mass is 9.91. The molecule has 0 spiro atoms. The molecule has 3 aliphatic heterocycles. The van der Waals surface area contributed by atoms with Crippen molar-refractivity contribution in [3.8, 4) is 0 Å². The lowest BCUT2D eigenvalue weighted by Gasteiger charge is -2.40. The monoisotopic (exact) mass is 328 g/mol. The highest BCUT2D eigenvalue weighted by molar-refractivity contribution is 7.99. The van der Waals surface area contributed by atoms with Gasteiger partial charge in [-0.1, -0.05) is 6.92 Å². The van der Waals surface area contributed by atoms with Gasteiger partial charge in [0.2, 0.25) is 0 Å². The molecular weight excluding hydrogens is 296 g/mol. The highest BCUT2D eigenvalue weighted by atomic mass is 32.2.